The van der Waals surface area contributed by atoms with Crippen LogP contribution in [0.5, 0.6) is 0 Å². The molecule has 3 aromatic rings. The number of fused-ring (bicyclic) bond motifs is 1. The first-order valence-electron chi connectivity index (χ1n) is 11.3. The van der Waals surface area contributed by atoms with Gasteiger partial charge in [0.1, 0.15) is 11.7 Å². The fourth-order valence-corrected chi connectivity index (χ4v) is 5.11. The Bertz CT molecular complexity index is 1320. The number of hydrogen-bond acceptors (Lipinski definition) is 4. The average molecular weight is 483 g/mol. The van der Waals surface area contributed by atoms with Crippen molar-refractivity contribution in [1.29, 1.82) is 0 Å². The van der Waals surface area contributed by atoms with Gasteiger partial charge in [0.15, 0.2) is 0 Å². The van der Waals surface area contributed by atoms with Crippen molar-refractivity contribution >= 4 is 38.3 Å². The van der Waals surface area contributed by atoms with Crippen molar-refractivity contribution in [1.82, 2.24) is 4.72 Å². The van der Waals surface area contributed by atoms with Gasteiger partial charge in [-0.05, 0) is 73.4 Å². The summed E-state index contributed by atoms with van der Waals surface area (Å²) in [5.41, 5.74) is 0.451. The van der Waals surface area contributed by atoms with E-state index in [0.717, 1.165) is 23.6 Å². The second kappa shape index (κ2) is 9.54. The van der Waals surface area contributed by atoms with E-state index in [1.807, 2.05) is 12.1 Å². The van der Waals surface area contributed by atoms with Gasteiger partial charge in [0.05, 0.1) is 4.90 Å². The first-order chi connectivity index (χ1) is 16.2. The van der Waals surface area contributed by atoms with Crippen LogP contribution in [-0.2, 0) is 19.6 Å². The van der Waals surface area contributed by atoms with Gasteiger partial charge in [0.25, 0.3) is 10.0 Å². The zero-order valence-corrected chi connectivity index (χ0v) is 19.9. The molecule has 34 heavy (non-hydrogen) atoms. The molecule has 178 valence electrons. The molecule has 4 rings (SSSR count). The highest BCUT2D eigenvalue weighted by atomic mass is 32.2. The predicted octanol–water partition coefficient (Wildman–Crippen LogP) is 4.64. The Hall–Kier alpha value is -3.26. The van der Waals surface area contributed by atoms with Gasteiger partial charge in [-0.1, -0.05) is 43.2 Å². The highest BCUT2D eigenvalue weighted by molar-refractivity contribution is 7.90. The summed E-state index contributed by atoms with van der Waals surface area (Å²) in [6.45, 7) is 3.58. The highest BCUT2D eigenvalue weighted by Crippen LogP contribution is 2.37. The van der Waals surface area contributed by atoms with E-state index in [0.29, 0.717) is 5.69 Å². The van der Waals surface area contributed by atoms with Gasteiger partial charge in [0.2, 0.25) is 11.8 Å². The van der Waals surface area contributed by atoms with Crippen LogP contribution < -0.4 is 9.62 Å². The number of amides is 2. The molecule has 0 saturated heterocycles. The minimum Gasteiger partial charge on any atom is -0.309 e. The number of carbonyl (C=O) groups is 2. The van der Waals surface area contributed by atoms with E-state index in [1.54, 1.807) is 32.0 Å². The number of hydrogen-bond donors (Lipinski definition) is 1. The molecule has 0 bridgehead atoms. The Labute approximate surface area is 198 Å². The van der Waals surface area contributed by atoms with Gasteiger partial charge in [-0.25, -0.2) is 17.5 Å². The van der Waals surface area contributed by atoms with Crippen LogP contribution in [0.3, 0.4) is 0 Å². The maximum absolute atomic E-state index is 13.5. The molecule has 1 saturated carbocycles. The Morgan fingerprint density at radius 3 is 2.26 bits per heavy atom. The minimum atomic E-state index is -4.18. The number of sulfonamides is 1. The second-order valence-electron chi connectivity index (χ2n) is 8.99. The normalized spacial score (nSPS) is 14.7. The number of nitrogens with zero attached hydrogens (tertiary/aromatic N) is 1. The zero-order valence-electron chi connectivity index (χ0n) is 19.1. The van der Waals surface area contributed by atoms with Crippen LogP contribution in [0.2, 0.25) is 0 Å². The third-order valence-electron chi connectivity index (χ3n) is 6.01. The van der Waals surface area contributed by atoms with E-state index in [1.165, 1.54) is 41.3 Å². The van der Waals surface area contributed by atoms with Gasteiger partial charge >= 0.3 is 0 Å². The van der Waals surface area contributed by atoms with Crippen LogP contribution in [0.25, 0.3) is 10.8 Å². The Morgan fingerprint density at radius 1 is 1.00 bits per heavy atom. The van der Waals surface area contributed by atoms with Crippen molar-refractivity contribution in [3.63, 3.8) is 0 Å². The average Bonchev–Trinajstić information content (AvgIpc) is 3.62. The summed E-state index contributed by atoms with van der Waals surface area (Å²) >= 11 is 0. The van der Waals surface area contributed by atoms with Crippen LogP contribution >= 0.6 is 0 Å². The van der Waals surface area contributed by atoms with Crippen molar-refractivity contribution in [3.05, 3.63) is 72.5 Å². The van der Waals surface area contributed by atoms with Crippen molar-refractivity contribution in [3.8, 4) is 0 Å². The molecule has 0 aliphatic heterocycles. The number of benzene rings is 3. The lowest BCUT2D eigenvalue weighted by molar-refractivity contribution is -0.133. The van der Waals surface area contributed by atoms with Crippen molar-refractivity contribution in [2.75, 3.05) is 4.90 Å². The molecule has 1 unspecified atom stereocenters. The summed E-state index contributed by atoms with van der Waals surface area (Å²) in [6.07, 6.45) is 2.06. The molecule has 0 heterocycles. The van der Waals surface area contributed by atoms with Crippen LogP contribution in [-0.4, -0.2) is 26.3 Å². The number of halogens is 1. The summed E-state index contributed by atoms with van der Waals surface area (Å²) in [5.74, 6) is -2.76. The number of carbonyl (C=O) groups excluding carboxylic acids is 2. The van der Waals surface area contributed by atoms with E-state index in [4.69, 9.17) is 0 Å². The number of nitrogens with one attached hydrogen (secondary N) is 1. The van der Waals surface area contributed by atoms with Gasteiger partial charge in [-0.2, -0.15) is 0 Å². The molecule has 1 atom stereocenters. The predicted molar refractivity (Wildman–Crippen MR) is 129 cm³/mol. The highest BCUT2D eigenvalue weighted by Gasteiger charge is 2.39. The van der Waals surface area contributed by atoms with E-state index < -0.39 is 33.6 Å². The largest absolute Gasteiger partial charge is 0.309 e. The number of anilines is 1. The first kappa shape index (κ1) is 23.9. The van der Waals surface area contributed by atoms with E-state index in [2.05, 4.69) is 4.72 Å². The quantitative estimate of drug-likeness (QED) is 0.474. The fraction of sp³-hybridized carbons (Fsp3) is 0.308. The zero-order chi connectivity index (χ0) is 24.5. The maximum atomic E-state index is 13.5. The molecule has 3 aromatic carbocycles. The summed E-state index contributed by atoms with van der Waals surface area (Å²) < 4.78 is 41.6. The molecule has 1 aliphatic rings. The second-order valence-corrected chi connectivity index (χ2v) is 10.7. The Morgan fingerprint density at radius 2 is 1.65 bits per heavy atom. The topological polar surface area (TPSA) is 83.6 Å². The van der Waals surface area contributed by atoms with Crippen molar-refractivity contribution in [2.24, 2.45) is 11.8 Å². The van der Waals surface area contributed by atoms with Gasteiger partial charge in [-0.3, -0.25) is 9.59 Å². The molecular formula is C26H27FN2O4S. The molecule has 0 aromatic heterocycles. The summed E-state index contributed by atoms with van der Waals surface area (Å²) in [4.78, 5) is 28.1. The van der Waals surface area contributed by atoms with Crippen molar-refractivity contribution < 1.29 is 22.4 Å². The fourth-order valence-electron chi connectivity index (χ4n) is 4.05. The standard InChI is InChI=1S/C26H27FN2O4S/c1-17(2)29(22-12-10-21(27)11-13-22)26(31)24(15-18-7-8-18)25(30)28-34(32,33)23-14-9-19-5-3-4-6-20(19)16-23/h3-6,9-14,16-18,24H,7-8,15H2,1-2H3,(H,28,30). The monoisotopic (exact) mass is 482 g/mol. The van der Waals surface area contributed by atoms with Crippen LogP contribution in [0.1, 0.15) is 33.1 Å². The van der Waals surface area contributed by atoms with Crippen LogP contribution in [0.15, 0.2) is 71.6 Å². The Kier molecular flexibility index (Phi) is 6.70. The molecule has 8 heteroatoms. The lowest BCUT2D eigenvalue weighted by Gasteiger charge is -2.30. The van der Waals surface area contributed by atoms with Gasteiger partial charge in [0, 0.05) is 11.7 Å². The molecule has 0 radical (unpaired) electrons. The summed E-state index contributed by atoms with van der Waals surface area (Å²) in [5, 5.41) is 1.60. The lowest BCUT2D eigenvalue weighted by Crippen LogP contribution is -2.48. The first-order valence-corrected chi connectivity index (χ1v) is 12.8. The smallest absolute Gasteiger partial charge is 0.264 e. The molecule has 2 amide bonds. The van der Waals surface area contributed by atoms with Crippen LogP contribution in [0, 0.1) is 17.7 Å². The molecule has 0 spiro atoms. The molecule has 1 aliphatic carbocycles. The maximum Gasteiger partial charge on any atom is 0.264 e. The SMILES string of the molecule is CC(C)N(C(=O)C(CC1CC1)C(=O)NS(=O)(=O)c1ccc2ccccc2c1)c1ccc(F)cc1. The van der Waals surface area contributed by atoms with Gasteiger partial charge < -0.3 is 4.90 Å². The van der Waals surface area contributed by atoms with E-state index in [9.17, 15) is 22.4 Å². The van der Waals surface area contributed by atoms with Gasteiger partial charge in [-0.15, -0.1) is 0 Å². The lowest BCUT2D eigenvalue weighted by atomic mass is 9.98. The molecule has 1 fully saturated rings. The van der Waals surface area contributed by atoms with E-state index >= 15 is 0 Å². The molecular weight excluding hydrogens is 455 g/mol. The summed E-state index contributed by atoms with van der Waals surface area (Å²) in [6, 6.07) is 17.1. The molecule has 1 N–H and O–H groups in total. The number of rotatable bonds is 8. The third-order valence-corrected chi connectivity index (χ3v) is 7.35. The van der Waals surface area contributed by atoms with Crippen LogP contribution in [0.4, 0.5) is 10.1 Å². The third kappa shape index (κ3) is 5.28. The Balaban J connectivity index is 1.61. The molecule has 6 nitrogen and oxygen atoms in total. The summed E-state index contributed by atoms with van der Waals surface area (Å²) in [7, 11) is -4.18. The van der Waals surface area contributed by atoms with Crippen molar-refractivity contribution in [2.45, 2.75) is 44.0 Å². The minimum absolute atomic E-state index is 0.0450. The van der Waals surface area contributed by atoms with E-state index in [-0.39, 0.29) is 23.3 Å².